The maximum atomic E-state index is 5.99. The van der Waals surface area contributed by atoms with Crippen molar-refractivity contribution in [3.8, 4) is 0 Å². The molecule has 20 heavy (non-hydrogen) atoms. The monoisotopic (exact) mass is 274 g/mol. The molecule has 0 bridgehead atoms. The minimum atomic E-state index is 0.0609. The standard InChI is InChI=1S/C18H30N2/c1-4-14-10-8-9-13-16(14)17(20-19)18(2,3)15-11-6-5-7-12-15/h5-7,11-12,14,16-17,20H,4,8-10,13,19H2,1-3H3. The Kier molecular flexibility index (Phi) is 5.22. The first-order chi connectivity index (χ1) is 9.61. The number of rotatable bonds is 5. The summed E-state index contributed by atoms with van der Waals surface area (Å²) in [6.45, 7) is 6.98. The van der Waals surface area contributed by atoms with Crippen LogP contribution in [0.3, 0.4) is 0 Å². The van der Waals surface area contributed by atoms with E-state index in [1.54, 1.807) is 0 Å². The minimum absolute atomic E-state index is 0.0609. The molecule has 2 rings (SSSR count). The molecular weight excluding hydrogens is 244 g/mol. The second-order valence-corrected chi connectivity index (χ2v) is 6.85. The molecule has 1 saturated carbocycles. The van der Waals surface area contributed by atoms with Crippen molar-refractivity contribution in [1.29, 1.82) is 0 Å². The Morgan fingerprint density at radius 1 is 1.20 bits per heavy atom. The predicted octanol–water partition coefficient (Wildman–Crippen LogP) is 4.01. The molecule has 2 nitrogen and oxygen atoms in total. The fourth-order valence-corrected chi connectivity index (χ4v) is 4.10. The molecule has 0 spiro atoms. The third-order valence-corrected chi connectivity index (χ3v) is 5.40. The van der Waals surface area contributed by atoms with E-state index in [1.807, 2.05) is 0 Å². The molecule has 0 heterocycles. The number of nitrogens with two attached hydrogens (primary N) is 1. The van der Waals surface area contributed by atoms with Crippen LogP contribution in [0.5, 0.6) is 0 Å². The maximum absolute atomic E-state index is 5.99. The van der Waals surface area contributed by atoms with Crippen LogP contribution in [0.25, 0.3) is 0 Å². The third-order valence-electron chi connectivity index (χ3n) is 5.40. The molecule has 3 atom stereocenters. The molecule has 0 amide bonds. The molecule has 0 saturated heterocycles. The van der Waals surface area contributed by atoms with Crippen LogP contribution in [0, 0.1) is 11.8 Å². The van der Waals surface area contributed by atoms with E-state index < -0.39 is 0 Å². The molecule has 3 unspecified atom stereocenters. The van der Waals surface area contributed by atoms with Crippen molar-refractivity contribution in [1.82, 2.24) is 5.43 Å². The lowest BCUT2D eigenvalue weighted by Crippen LogP contribution is -2.54. The number of benzene rings is 1. The number of hydrogen-bond donors (Lipinski definition) is 2. The lowest BCUT2D eigenvalue weighted by Gasteiger charge is -2.44. The van der Waals surface area contributed by atoms with Gasteiger partial charge in [0.1, 0.15) is 0 Å². The summed E-state index contributed by atoms with van der Waals surface area (Å²) in [6, 6.07) is 11.1. The average molecular weight is 274 g/mol. The fourth-order valence-electron chi connectivity index (χ4n) is 4.10. The van der Waals surface area contributed by atoms with Crippen molar-refractivity contribution in [3.05, 3.63) is 35.9 Å². The van der Waals surface area contributed by atoms with Crippen LogP contribution in [0.2, 0.25) is 0 Å². The van der Waals surface area contributed by atoms with Crippen molar-refractivity contribution in [2.24, 2.45) is 17.7 Å². The lowest BCUT2D eigenvalue weighted by molar-refractivity contribution is 0.131. The Balaban J connectivity index is 2.26. The molecule has 1 aliphatic carbocycles. The van der Waals surface area contributed by atoms with Crippen molar-refractivity contribution < 1.29 is 0 Å². The maximum Gasteiger partial charge on any atom is 0.0332 e. The highest BCUT2D eigenvalue weighted by Gasteiger charge is 2.40. The summed E-state index contributed by atoms with van der Waals surface area (Å²) in [5, 5.41) is 0. The molecule has 0 radical (unpaired) electrons. The Hall–Kier alpha value is -0.860. The van der Waals surface area contributed by atoms with Crippen molar-refractivity contribution in [2.75, 3.05) is 0 Å². The topological polar surface area (TPSA) is 38.0 Å². The van der Waals surface area contributed by atoms with Crippen LogP contribution in [-0.2, 0) is 5.41 Å². The van der Waals surface area contributed by atoms with Crippen LogP contribution in [0.15, 0.2) is 30.3 Å². The van der Waals surface area contributed by atoms with Crippen molar-refractivity contribution in [3.63, 3.8) is 0 Å². The van der Waals surface area contributed by atoms with Crippen LogP contribution in [0.4, 0.5) is 0 Å². The normalized spacial score (nSPS) is 25.4. The largest absolute Gasteiger partial charge is 0.271 e. The fraction of sp³-hybridized carbons (Fsp3) is 0.667. The summed E-state index contributed by atoms with van der Waals surface area (Å²) in [6.07, 6.45) is 6.68. The van der Waals surface area contributed by atoms with Gasteiger partial charge in [0.25, 0.3) is 0 Å². The Morgan fingerprint density at radius 2 is 1.85 bits per heavy atom. The van der Waals surface area contributed by atoms with Gasteiger partial charge in [-0.2, -0.15) is 0 Å². The van der Waals surface area contributed by atoms with Gasteiger partial charge >= 0.3 is 0 Å². The highest BCUT2D eigenvalue weighted by Crippen LogP contribution is 2.41. The first-order valence-electron chi connectivity index (χ1n) is 8.13. The highest BCUT2D eigenvalue weighted by atomic mass is 15.2. The van der Waals surface area contributed by atoms with Crippen LogP contribution >= 0.6 is 0 Å². The SMILES string of the molecule is CCC1CCCCC1C(NN)C(C)(C)c1ccccc1. The number of nitrogens with one attached hydrogen (secondary N) is 1. The van der Waals surface area contributed by atoms with Gasteiger partial charge in [-0.15, -0.1) is 0 Å². The molecule has 1 aromatic carbocycles. The van der Waals surface area contributed by atoms with Gasteiger partial charge in [0, 0.05) is 11.5 Å². The average Bonchev–Trinajstić information content (AvgIpc) is 2.49. The van der Waals surface area contributed by atoms with Gasteiger partial charge in [-0.05, 0) is 23.8 Å². The van der Waals surface area contributed by atoms with E-state index in [0.717, 1.165) is 5.92 Å². The van der Waals surface area contributed by atoms with Gasteiger partial charge in [0.2, 0.25) is 0 Å². The smallest absolute Gasteiger partial charge is 0.0332 e. The molecule has 0 aromatic heterocycles. The minimum Gasteiger partial charge on any atom is -0.271 e. The van der Waals surface area contributed by atoms with Gasteiger partial charge in [0.05, 0.1) is 0 Å². The highest BCUT2D eigenvalue weighted by molar-refractivity contribution is 5.26. The van der Waals surface area contributed by atoms with Crippen LogP contribution < -0.4 is 11.3 Å². The first-order valence-corrected chi connectivity index (χ1v) is 8.13. The Bertz CT molecular complexity index is 399. The van der Waals surface area contributed by atoms with Gasteiger partial charge in [-0.1, -0.05) is 76.8 Å². The summed E-state index contributed by atoms with van der Waals surface area (Å²) >= 11 is 0. The summed E-state index contributed by atoms with van der Waals surface area (Å²) in [5.74, 6) is 7.50. The van der Waals surface area contributed by atoms with E-state index in [1.165, 1.54) is 37.7 Å². The molecule has 1 aromatic rings. The second-order valence-electron chi connectivity index (χ2n) is 6.85. The zero-order chi connectivity index (χ0) is 14.6. The first kappa shape index (κ1) is 15.5. The molecule has 112 valence electrons. The summed E-state index contributed by atoms with van der Waals surface area (Å²) in [4.78, 5) is 0. The second kappa shape index (κ2) is 6.73. The Labute approximate surface area is 124 Å². The summed E-state index contributed by atoms with van der Waals surface area (Å²) < 4.78 is 0. The van der Waals surface area contributed by atoms with Crippen LogP contribution in [-0.4, -0.2) is 6.04 Å². The molecule has 1 fully saturated rings. The van der Waals surface area contributed by atoms with E-state index in [2.05, 4.69) is 56.5 Å². The quantitative estimate of drug-likeness (QED) is 0.629. The molecular formula is C18H30N2. The Morgan fingerprint density at radius 3 is 2.45 bits per heavy atom. The number of hydrazine groups is 1. The van der Waals surface area contributed by atoms with E-state index in [9.17, 15) is 0 Å². The van der Waals surface area contributed by atoms with E-state index >= 15 is 0 Å². The molecule has 0 aliphatic heterocycles. The summed E-state index contributed by atoms with van der Waals surface area (Å²) in [7, 11) is 0. The lowest BCUT2D eigenvalue weighted by atomic mass is 9.65. The van der Waals surface area contributed by atoms with Gasteiger partial charge in [-0.25, -0.2) is 0 Å². The molecule has 1 aliphatic rings. The third kappa shape index (κ3) is 3.07. The zero-order valence-electron chi connectivity index (χ0n) is 13.2. The van der Waals surface area contributed by atoms with E-state index in [0.29, 0.717) is 12.0 Å². The zero-order valence-corrected chi connectivity index (χ0v) is 13.2. The molecule has 2 heteroatoms. The van der Waals surface area contributed by atoms with Gasteiger partial charge < -0.3 is 0 Å². The number of hydrogen-bond acceptors (Lipinski definition) is 2. The summed E-state index contributed by atoms with van der Waals surface area (Å²) in [5.41, 5.74) is 4.61. The van der Waals surface area contributed by atoms with Gasteiger partial charge in [0.15, 0.2) is 0 Å². The van der Waals surface area contributed by atoms with E-state index in [4.69, 9.17) is 5.84 Å². The van der Waals surface area contributed by atoms with Gasteiger partial charge in [-0.3, -0.25) is 11.3 Å². The predicted molar refractivity (Wildman–Crippen MR) is 86.3 cm³/mol. The van der Waals surface area contributed by atoms with E-state index in [-0.39, 0.29) is 5.41 Å². The molecule has 3 N–H and O–H groups in total. The van der Waals surface area contributed by atoms with Crippen molar-refractivity contribution >= 4 is 0 Å². The van der Waals surface area contributed by atoms with Crippen LogP contribution in [0.1, 0.15) is 58.4 Å². The van der Waals surface area contributed by atoms with Crippen molar-refractivity contribution in [2.45, 2.75) is 64.3 Å².